The Labute approximate surface area is 174 Å². The van der Waals surface area contributed by atoms with Crippen LogP contribution in [0.25, 0.3) is 11.3 Å². The SMILES string of the molecule is CC(C)(C)OC(=O)N(C(=O)OC(C)(C)C)c1ccc(-c2cncc(F)c2)nc1C#N. The van der Waals surface area contributed by atoms with Crippen LogP contribution >= 0.6 is 0 Å². The van der Waals surface area contributed by atoms with Crippen molar-refractivity contribution in [3.05, 3.63) is 42.1 Å². The Morgan fingerprint density at radius 3 is 2.07 bits per heavy atom. The molecule has 0 aliphatic rings. The van der Waals surface area contributed by atoms with Crippen molar-refractivity contribution >= 4 is 17.9 Å². The molecule has 9 heteroatoms. The van der Waals surface area contributed by atoms with Gasteiger partial charge in [-0.15, -0.1) is 0 Å². The molecule has 158 valence electrons. The van der Waals surface area contributed by atoms with Crippen LogP contribution in [0.1, 0.15) is 47.2 Å². The van der Waals surface area contributed by atoms with E-state index in [1.54, 1.807) is 41.5 Å². The van der Waals surface area contributed by atoms with Gasteiger partial charge in [0, 0.05) is 11.8 Å². The first kappa shape index (κ1) is 22.7. The zero-order valence-electron chi connectivity index (χ0n) is 17.7. The minimum atomic E-state index is -1.02. The van der Waals surface area contributed by atoms with E-state index in [2.05, 4.69) is 9.97 Å². The molecule has 0 spiro atoms. The van der Waals surface area contributed by atoms with Crippen LogP contribution < -0.4 is 4.90 Å². The molecule has 30 heavy (non-hydrogen) atoms. The minimum absolute atomic E-state index is 0.117. The van der Waals surface area contributed by atoms with Crippen LogP contribution in [-0.2, 0) is 9.47 Å². The monoisotopic (exact) mass is 414 g/mol. The van der Waals surface area contributed by atoms with E-state index >= 15 is 0 Å². The second-order valence-corrected chi connectivity index (χ2v) is 8.36. The molecule has 0 fully saturated rings. The largest absolute Gasteiger partial charge is 0.443 e. The Hall–Kier alpha value is -3.54. The summed E-state index contributed by atoms with van der Waals surface area (Å²) in [5.41, 5.74) is -1.58. The molecule has 2 rings (SSSR count). The van der Waals surface area contributed by atoms with Crippen molar-refractivity contribution in [2.75, 3.05) is 4.90 Å². The summed E-state index contributed by atoms with van der Waals surface area (Å²) in [5, 5.41) is 9.59. The van der Waals surface area contributed by atoms with Gasteiger partial charge in [-0.2, -0.15) is 10.2 Å². The maximum atomic E-state index is 13.5. The maximum Gasteiger partial charge on any atom is 0.424 e. The van der Waals surface area contributed by atoms with Gasteiger partial charge >= 0.3 is 12.2 Å². The number of carbonyl (C=O) groups excluding carboxylic acids is 2. The Morgan fingerprint density at radius 1 is 1.03 bits per heavy atom. The molecule has 0 radical (unpaired) electrons. The number of anilines is 1. The molecule has 2 aromatic rings. The Bertz CT molecular complexity index is 975. The van der Waals surface area contributed by atoms with Gasteiger partial charge in [-0.25, -0.2) is 19.0 Å². The predicted molar refractivity (Wildman–Crippen MR) is 107 cm³/mol. The van der Waals surface area contributed by atoms with E-state index in [-0.39, 0.29) is 17.1 Å². The summed E-state index contributed by atoms with van der Waals surface area (Å²) in [7, 11) is 0. The van der Waals surface area contributed by atoms with Crippen LogP contribution in [0.2, 0.25) is 0 Å². The van der Waals surface area contributed by atoms with Crippen LogP contribution in [0, 0.1) is 17.1 Å². The number of carbonyl (C=O) groups is 2. The average Bonchev–Trinajstić information content (AvgIpc) is 2.59. The number of amides is 2. The van der Waals surface area contributed by atoms with Crippen molar-refractivity contribution in [2.24, 2.45) is 0 Å². The smallest absolute Gasteiger partial charge is 0.424 e. The van der Waals surface area contributed by atoms with Crippen molar-refractivity contribution in [2.45, 2.75) is 52.7 Å². The first-order valence-corrected chi connectivity index (χ1v) is 9.09. The average molecular weight is 414 g/mol. The third-order valence-electron chi connectivity index (χ3n) is 3.37. The number of nitrogens with zero attached hydrogens (tertiary/aromatic N) is 4. The quantitative estimate of drug-likeness (QED) is 0.693. The molecule has 0 N–H and O–H groups in total. The van der Waals surface area contributed by atoms with Crippen LogP contribution in [0.3, 0.4) is 0 Å². The van der Waals surface area contributed by atoms with E-state index in [9.17, 15) is 19.2 Å². The van der Waals surface area contributed by atoms with Crippen LogP contribution in [-0.4, -0.2) is 33.4 Å². The second kappa shape index (κ2) is 8.45. The Kier molecular flexibility index (Phi) is 6.41. The highest BCUT2D eigenvalue weighted by Gasteiger charge is 2.34. The lowest BCUT2D eigenvalue weighted by Gasteiger charge is -2.28. The van der Waals surface area contributed by atoms with Gasteiger partial charge in [0.15, 0.2) is 5.69 Å². The fraction of sp³-hybridized carbons (Fsp3) is 0.381. The fourth-order valence-electron chi connectivity index (χ4n) is 2.31. The molecule has 0 atom stereocenters. The lowest BCUT2D eigenvalue weighted by atomic mass is 10.1. The number of hydrogen-bond donors (Lipinski definition) is 0. The third kappa shape index (κ3) is 5.98. The number of rotatable bonds is 2. The number of imide groups is 1. The van der Waals surface area contributed by atoms with Crippen molar-refractivity contribution in [1.29, 1.82) is 5.26 Å². The van der Waals surface area contributed by atoms with E-state index < -0.39 is 29.2 Å². The van der Waals surface area contributed by atoms with E-state index in [1.165, 1.54) is 24.4 Å². The minimum Gasteiger partial charge on any atom is -0.443 e. The van der Waals surface area contributed by atoms with E-state index in [0.29, 0.717) is 10.5 Å². The molecule has 0 aliphatic heterocycles. The molecule has 0 saturated carbocycles. The fourth-order valence-corrected chi connectivity index (χ4v) is 2.31. The van der Waals surface area contributed by atoms with Crippen LogP contribution in [0.15, 0.2) is 30.6 Å². The molecule has 0 bridgehead atoms. The van der Waals surface area contributed by atoms with Crippen molar-refractivity contribution in [1.82, 2.24) is 9.97 Å². The molecule has 0 aliphatic carbocycles. The van der Waals surface area contributed by atoms with Gasteiger partial charge in [0.25, 0.3) is 0 Å². The van der Waals surface area contributed by atoms with Gasteiger partial charge < -0.3 is 9.47 Å². The van der Waals surface area contributed by atoms with Gasteiger partial charge in [-0.1, -0.05) is 0 Å². The summed E-state index contributed by atoms with van der Waals surface area (Å²) in [5.74, 6) is -0.568. The summed E-state index contributed by atoms with van der Waals surface area (Å²) >= 11 is 0. The normalized spacial score (nSPS) is 11.4. The molecule has 0 saturated heterocycles. The molecule has 2 amide bonds. The van der Waals surface area contributed by atoms with Gasteiger partial charge in [0.1, 0.15) is 23.1 Å². The van der Waals surface area contributed by atoms with E-state index in [4.69, 9.17) is 9.47 Å². The van der Waals surface area contributed by atoms with E-state index in [1.807, 2.05) is 6.07 Å². The molecule has 0 aromatic carbocycles. The molecule has 2 heterocycles. The molecule has 2 aromatic heterocycles. The van der Waals surface area contributed by atoms with Gasteiger partial charge in [0.2, 0.25) is 0 Å². The summed E-state index contributed by atoms with van der Waals surface area (Å²) in [4.78, 5) is 34.1. The Balaban J connectivity index is 2.55. The van der Waals surface area contributed by atoms with Gasteiger partial charge in [0.05, 0.1) is 17.6 Å². The topological polar surface area (TPSA) is 105 Å². The molecular formula is C21H23FN4O4. The first-order valence-electron chi connectivity index (χ1n) is 9.09. The summed E-state index contributed by atoms with van der Waals surface area (Å²) in [6.07, 6.45) is 0.382. The van der Waals surface area contributed by atoms with Crippen molar-refractivity contribution in [3.8, 4) is 17.3 Å². The Morgan fingerprint density at radius 2 is 1.60 bits per heavy atom. The second-order valence-electron chi connectivity index (χ2n) is 8.36. The zero-order valence-corrected chi connectivity index (χ0v) is 17.7. The number of aromatic nitrogens is 2. The van der Waals surface area contributed by atoms with Gasteiger partial charge in [-0.05, 0) is 59.7 Å². The summed E-state index contributed by atoms with van der Waals surface area (Å²) in [6, 6.07) is 5.84. The summed E-state index contributed by atoms with van der Waals surface area (Å²) < 4.78 is 24.1. The third-order valence-corrected chi connectivity index (χ3v) is 3.37. The highest BCUT2D eigenvalue weighted by atomic mass is 19.1. The van der Waals surface area contributed by atoms with Crippen molar-refractivity contribution < 1.29 is 23.5 Å². The lowest BCUT2D eigenvalue weighted by Crippen LogP contribution is -2.44. The number of hydrogen-bond acceptors (Lipinski definition) is 7. The number of nitriles is 1. The highest BCUT2D eigenvalue weighted by molar-refractivity contribution is 6.10. The number of pyridine rings is 2. The zero-order chi connectivity index (χ0) is 22.7. The van der Waals surface area contributed by atoms with E-state index in [0.717, 1.165) is 6.20 Å². The van der Waals surface area contributed by atoms with Gasteiger partial charge in [-0.3, -0.25) is 4.98 Å². The molecular weight excluding hydrogens is 391 g/mol. The maximum absolute atomic E-state index is 13.5. The predicted octanol–water partition coefficient (Wildman–Crippen LogP) is 4.83. The molecule has 8 nitrogen and oxygen atoms in total. The standard InChI is InChI=1S/C21H23FN4O4/c1-20(2,3)29-18(27)26(19(28)30-21(4,5)6)17-8-7-15(25-16(17)10-23)13-9-14(22)12-24-11-13/h7-9,11-12H,1-6H3. The number of ether oxygens (including phenoxy) is 2. The first-order chi connectivity index (χ1) is 13.8. The summed E-state index contributed by atoms with van der Waals surface area (Å²) in [6.45, 7) is 9.84. The molecule has 0 unspecified atom stereocenters. The van der Waals surface area contributed by atoms with Crippen LogP contribution in [0.5, 0.6) is 0 Å². The highest BCUT2D eigenvalue weighted by Crippen LogP contribution is 2.27. The number of halogens is 1. The van der Waals surface area contributed by atoms with Crippen LogP contribution in [0.4, 0.5) is 19.7 Å². The lowest BCUT2D eigenvalue weighted by molar-refractivity contribution is 0.0430. The van der Waals surface area contributed by atoms with Crippen molar-refractivity contribution in [3.63, 3.8) is 0 Å².